The van der Waals surface area contributed by atoms with Crippen molar-refractivity contribution in [3.63, 3.8) is 0 Å². The number of thioether (sulfide) groups is 1. The molecule has 0 saturated carbocycles. The van der Waals surface area contributed by atoms with Gasteiger partial charge >= 0.3 is 6.61 Å². The van der Waals surface area contributed by atoms with Gasteiger partial charge in [0.1, 0.15) is 5.75 Å². The second-order valence-electron chi connectivity index (χ2n) is 6.90. The molecule has 0 bridgehead atoms. The maximum absolute atomic E-state index is 12.6. The fraction of sp³-hybridized carbons (Fsp3) is 0.348. The molecule has 1 heterocycles. The van der Waals surface area contributed by atoms with Crippen molar-refractivity contribution >= 4 is 23.6 Å². The van der Waals surface area contributed by atoms with E-state index in [1.54, 1.807) is 13.2 Å². The van der Waals surface area contributed by atoms with Gasteiger partial charge in [-0.3, -0.25) is 9.69 Å². The molecule has 0 radical (unpaired) electrons. The Bertz CT molecular complexity index is 930. The van der Waals surface area contributed by atoms with Crippen molar-refractivity contribution in [3.05, 3.63) is 59.2 Å². The van der Waals surface area contributed by atoms with Gasteiger partial charge in [0.2, 0.25) is 0 Å². The number of carbonyl (C=O) groups is 1. The molecule has 1 saturated heterocycles. The summed E-state index contributed by atoms with van der Waals surface area (Å²) in [5.41, 5.74) is 2.26. The zero-order valence-electron chi connectivity index (χ0n) is 17.5. The minimum Gasteiger partial charge on any atom is -0.496 e. The van der Waals surface area contributed by atoms with Gasteiger partial charge in [0, 0.05) is 42.3 Å². The first-order valence-corrected chi connectivity index (χ1v) is 11.0. The van der Waals surface area contributed by atoms with Crippen LogP contribution in [0.15, 0.2) is 42.5 Å². The maximum atomic E-state index is 12.6. The van der Waals surface area contributed by atoms with Crippen LogP contribution in [0.2, 0.25) is 0 Å². The molecule has 0 unspecified atom stereocenters. The molecule has 0 atom stereocenters. The lowest BCUT2D eigenvalue weighted by atomic mass is 10.1. The monoisotopic (exact) mass is 449 g/mol. The molecule has 1 aliphatic rings. The number of hydrogen-bond acceptors (Lipinski definition) is 6. The number of benzene rings is 2. The Hall–Kier alpha value is -2.58. The summed E-state index contributed by atoms with van der Waals surface area (Å²) in [6.45, 7) is -0.0931. The minimum atomic E-state index is -2.97. The van der Waals surface area contributed by atoms with Gasteiger partial charge in [-0.1, -0.05) is 12.1 Å². The highest BCUT2D eigenvalue weighted by molar-refractivity contribution is 7.99. The molecule has 0 N–H and O–H groups in total. The van der Waals surface area contributed by atoms with E-state index in [-0.39, 0.29) is 17.3 Å². The molecule has 166 valence electrons. The molecule has 0 spiro atoms. The van der Waals surface area contributed by atoms with Gasteiger partial charge in [-0.2, -0.15) is 20.5 Å². The molecule has 0 aliphatic carbocycles. The molecule has 3 rings (SSSR count). The van der Waals surface area contributed by atoms with Crippen molar-refractivity contribution in [2.24, 2.45) is 0 Å². The molecule has 1 aliphatic heterocycles. The molecule has 5 nitrogen and oxygen atoms in total. The Kier molecular flexibility index (Phi) is 8.31. The van der Waals surface area contributed by atoms with Crippen LogP contribution in [-0.2, 0) is 6.54 Å². The van der Waals surface area contributed by atoms with Gasteiger partial charge in [-0.25, -0.2) is 0 Å². The fourth-order valence-electron chi connectivity index (χ4n) is 3.31. The summed E-state index contributed by atoms with van der Waals surface area (Å²) in [5, 5.41) is 0. The van der Waals surface area contributed by atoms with Crippen LogP contribution < -0.4 is 14.2 Å². The summed E-state index contributed by atoms with van der Waals surface area (Å²) in [7, 11) is 2.98. The van der Waals surface area contributed by atoms with Crippen LogP contribution in [0.25, 0.3) is 6.08 Å². The van der Waals surface area contributed by atoms with Gasteiger partial charge in [0.25, 0.3) is 0 Å². The molecule has 0 aromatic heterocycles. The number of carbonyl (C=O) groups excluding carboxylic acids is 1. The van der Waals surface area contributed by atoms with Gasteiger partial charge < -0.3 is 14.2 Å². The van der Waals surface area contributed by atoms with E-state index in [1.807, 2.05) is 30.0 Å². The SMILES string of the molecule is COc1ccc(/C=C/C(=O)c2ccc(OC(F)F)c(OC)c2)cc1CN1CCSCC1. The van der Waals surface area contributed by atoms with E-state index >= 15 is 0 Å². The van der Waals surface area contributed by atoms with Crippen LogP contribution in [0.3, 0.4) is 0 Å². The zero-order chi connectivity index (χ0) is 22.2. The van der Waals surface area contributed by atoms with Crippen LogP contribution in [0, 0.1) is 0 Å². The third-order valence-corrected chi connectivity index (χ3v) is 5.84. The normalized spacial score (nSPS) is 14.7. The Balaban J connectivity index is 1.74. The lowest BCUT2D eigenvalue weighted by Gasteiger charge is -2.26. The number of allylic oxidation sites excluding steroid dienone is 1. The van der Waals surface area contributed by atoms with E-state index in [2.05, 4.69) is 9.64 Å². The first kappa shape index (κ1) is 23.1. The molecule has 1 fully saturated rings. The van der Waals surface area contributed by atoms with Crippen molar-refractivity contribution < 1.29 is 27.8 Å². The Morgan fingerprint density at radius 1 is 1.06 bits per heavy atom. The lowest BCUT2D eigenvalue weighted by Crippen LogP contribution is -2.32. The van der Waals surface area contributed by atoms with Gasteiger partial charge in [-0.15, -0.1) is 0 Å². The number of halogens is 2. The first-order valence-electron chi connectivity index (χ1n) is 9.82. The summed E-state index contributed by atoms with van der Waals surface area (Å²) in [6, 6.07) is 9.92. The average molecular weight is 450 g/mol. The maximum Gasteiger partial charge on any atom is 0.387 e. The molecule has 8 heteroatoms. The summed E-state index contributed by atoms with van der Waals surface area (Å²) in [5.74, 6) is 2.76. The van der Waals surface area contributed by atoms with Crippen LogP contribution in [-0.4, -0.2) is 56.1 Å². The lowest BCUT2D eigenvalue weighted by molar-refractivity contribution is -0.0512. The third-order valence-electron chi connectivity index (χ3n) is 4.89. The number of ether oxygens (including phenoxy) is 3. The highest BCUT2D eigenvalue weighted by atomic mass is 32.2. The quantitative estimate of drug-likeness (QED) is 0.407. The summed E-state index contributed by atoms with van der Waals surface area (Å²) >= 11 is 1.96. The Morgan fingerprint density at radius 2 is 1.77 bits per heavy atom. The minimum absolute atomic E-state index is 0.0750. The Labute approximate surface area is 185 Å². The first-order chi connectivity index (χ1) is 15.0. The molecular formula is C23H25F2NO4S. The van der Waals surface area contributed by atoms with Gasteiger partial charge in [-0.05, 0) is 42.0 Å². The van der Waals surface area contributed by atoms with Crippen molar-refractivity contribution in [3.8, 4) is 17.2 Å². The zero-order valence-corrected chi connectivity index (χ0v) is 18.3. The fourth-order valence-corrected chi connectivity index (χ4v) is 4.29. The topological polar surface area (TPSA) is 48.0 Å². The van der Waals surface area contributed by atoms with E-state index in [4.69, 9.17) is 9.47 Å². The molecule has 31 heavy (non-hydrogen) atoms. The van der Waals surface area contributed by atoms with Crippen molar-refractivity contribution in [2.45, 2.75) is 13.2 Å². The molecule has 2 aromatic carbocycles. The number of nitrogens with zero attached hydrogens (tertiary/aromatic N) is 1. The second kappa shape index (κ2) is 11.2. The van der Waals surface area contributed by atoms with E-state index in [0.717, 1.165) is 48.0 Å². The highest BCUT2D eigenvalue weighted by Gasteiger charge is 2.15. The number of rotatable bonds is 9. The van der Waals surface area contributed by atoms with Crippen LogP contribution >= 0.6 is 11.8 Å². The Morgan fingerprint density at radius 3 is 2.45 bits per heavy atom. The van der Waals surface area contributed by atoms with Gasteiger partial charge in [0.05, 0.1) is 14.2 Å². The summed E-state index contributed by atoms with van der Waals surface area (Å²) in [4.78, 5) is 15.0. The van der Waals surface area contributed by atoms with E-state index < -0.39 is 6.61 Å². The van der Waals surface area contributed by atoms with Crippen LogP contribution in [0.1, 0.15) is 21.5 Å². The van der Waals surface area contributed by atoms with Crippen LogP contribution in [0.5, 0.6) is 17.2 Å². The van der Waals surface area contributed by atoms with E-state index in [1.165, 1.54) is 31.4 Å². The number of hydrogen-bond donors (Lipinski definition) is 0. The van der Waals surface area contributed by atoms with Crippen LogP contribution in [0.4, 0.5) is 8.78 Å². The van der Waals surface area contributed by atoms with Crippen molar-refractivity contribution in [1.29, 1.82) is 0 Å². The van der Waals surface area contributed by atoms with Crippen molar-refractivity contribution in [2.75, 3.05) is 38.8 Å². The summed E-state index contributed by atoms with van der Waals surface area (Å²) in [6.07, 6.45) is 3.18. The largest absolute Gasteiger partial charge is 0.496 e. The van der Waals surface area contributed by atoms with Crippen molar-refractivity contribution in [1.82, 2.24) is 4.90 Å². The average Bonchev–Trinajstić information content (AvgIpc) is 2.78. The van der Waals surface area contributed by atoms with E-state index in [9.17, 15) is 13.6 Å². The predicted molar refractivity (Wildman–Crippen MR) is 119 cm³/mol. The molecular weight excluding hydrogens is 424 g/mol. The van der Waals surface area contributed by atoms with Gasteiger partial charge in [0.15, 0.2) is 17.3 Å². The molecule has 2 aromatic rings. The number of alkyl halides is 2. The summed E-state index contributed by atoms with van der Waals surface area (Å²) < 4.78 is 39.9. The predicted octanol–water partition coefficient (Wildman–Crippen LogP) is 4.75. The second-order valence-corrected chi connectivity index (χ2v) is 8.13. The third kappa shape index (κ3) is 6.45. The standard InChI is InChI=1S/C23H25F2NO4S/c1-28-20-7-4-16(13-18(20)15-26-9-11-31-12-10-26)3-6-19(27)17-5-8-21(30-23(24)25)22(14-17)29-2/h3-8,13-14,23H,9-12,15H2,1-2H3/b6-3+. The van der Waals surface area contributed by atoms with E-state index in [0.29, 0.717) is 5.56 Å². The molecule has 0 amide bonds. The number of methoxy groups -OCH3 is 2. The number of ketones is 1. The highest BCUT2D eigenvalue weighted by Crippen LogP contribution is 2.30. The smallest absolute Gasteiger partial charge is 0.387 e.